The van der Waals surface area contributed by atoms with Gasteiger partial charge in [-0.05, 0) is 39.9 Å². The van der Waals surface area contributed by atoms with E-state index in [2.05, 4.69) is 140 Å². The van der Waals surface area contributed by atoms with Crippen LogP contribution in [-0.4, -0.2) is 15.0 Å². The molecular formula is C45H29N3O. The average Bonchev–Trinajstić information content (AvgIpc) is 3.58. The molecule has 0 aliphatic heterocycles. The fourth-order valence-corrected chi connectivity index (χ4v) is 6.64. The van der Waals surface area contributed by atoms with Gasteiger partial charge in [-0.1, -0.05) is 164 Å². The van der Waals surface area contributed by atoms with Crippen molar-refractivity contribution in [1.82, 2.24) is 15.0 Å². The number of nitrogens with zero attached hydrogens (tertiary/aromatic N) is 3. The Balaban J connectivity index is 1.29. The molecule has 9 rings (SSSR count). The normalized spacial score (nSPS) is 11.3. The maximum absolute atomic E-state index is 6.60. The smallest absolute Gasteiger partial charge is 0.164 e. The van der Waals surface area contributed by atoms with Gasteiger partial charge in [-0.2, -0.15) is 0 Å². The summed E-state index contributed by atoms with van der Waals surface area (Å²) in [6, 6.07) is 60.3. The fourth-order valence-electron chi connectivity index (χ4n) is 6.64. The summed E-state index contributed by atoms with van der Waals surface area (Å²) in [4.78, 5) is 15.6. The highest BCUT2D eigenvalue weighted by Crippen LogP contribution is 2.41. The number of aromatic nitrogens is 3. The standard InChI is InChI=1S/C45H29N3O/c1-4-15-30(16-5-1)33-21-12-22-34(29-33)43-46-44(37-24-11-10-23-35(37)31-17-6-2-7-18-31)48-45(47-43)39-27-14-28-40-41(39)38-26-13-25-36(42(38)49-40)32-19-8-3-9-20-32/h1-29H. The van der Waals surface area contributed by atoms with Crippen molar-refractivity contribution in [2.45, 2.75) is 0 Å². The van der Waals surface area contributed by atoms with Gasteiger partial charge in [-0.3, -0.25) is 0 Å². The lowest BCUT2D eigenvalue weighted by Gasteiger charge is -2.13. The van der Waals surface area contributed by atoms with E-state index in [1.165, 1.54) is 0 Å². The van der Waals surface area contributed by atoms with Crippen molar-refractivity contribution in [3.8, 4) is 67.5 Å². The third kappa shape index (κ3) is 5.26. The molecule has 0 amide bonds. The first kappa shape index (κ1) is 28.6. The highest BCUT2D eigenvalue weighted by Gasteiger charge is 2.20. The Morgan fingerprint density at radius 1 is 0.327 bits per heavy atom. The van der Waals surface area contributed by atoms with Crippen LogP contribution in [0.5, 0.6) is 0 Å². The summed E-state index contributed by atoms with van der Waals surface area (Å²) in [5.74, 6) is 1.81. The molecule has 0 aliphatic carbocycles. The number of rotatable bonds is 6. The van der Waals surface area contributed by atoms with Crippen molar-refractivity contribution in [3.63, 3.8) is 0 Å². The van der Waals surface area contributed by atoms with Gasteiger partial charge in [-0.15, -0.1) is 0 Å². The van der Waals surface area contributed by atoms with Gasteiger partial charge in [0.05, 0.1) is 0 Å². The predicted molar refractivity (Wildman–Crippen MR) is 200 cm³/mol. The van der Waals surface area contributed by atoms with Crippen LogP contribution in [0, 0.1) is 0 Å². The Labute approximate surface area is 284 Å². The lowest BCUT2D eigenvalue weighted by Crippen LogP contribution is -2.01. The summed E-state index contributed by atoms with van der Waals surface area (Å²) in [5, 5.41) is 2.00. The second-order valence-corrected chi connectivity index (χ2v) is 12.0. The average molecular weight is 628 g/mol. The number of hydrogen-bond acceptors (Lipinski definition) is 4. The molecular weight excluding hydrogens is 599 g/mol. The second-order valence-electron chi connectivity index (χ2n) is 12.0. The van der Waals surface area contributed by atoms with Crippen molar-refractivity contribution in [2.75, 3.05) is 0 Å². The third-order valence-corrected chi connectivity index (χ3v) is 8.96. The number of furan rings is 1. The van der Waals surface area contributed by atoms with E-state index in [-0.39, 0.29) is 0 Å². The van der Waals surface area contributed by atoms with Gasteiger partial charge in [0.15, 0.2) is 17.5 Å². The first-order valence-corrected chi connectivity index (χ1v) is 16.4. The summed E-state index contributed by atoms with van der Waals surface area (Å²) in [6.07, 6.45) is 0. The molecule has 9 aromatic rings. The van der Waals surface area contributed by atoms with Crippen LogP contribution in [0.15, 0.2) is 180 Å². The Hall–Kier alpha value is -6.65. The summed E-state index contributed by atoms with van der Waals surface area (Å²) in [5.41, 5.74) is 10.9. The van der Waals surface area contributed by atoms with Gasteiger partial charge < -0.3 is 4.42 Å². The molecule has 0 spiro atoms. The van der Waals surface area contributed by atoms with Crippen LogP contribution in [0.2, 0.25) is 0 Å². The van der Waals surface area contributed by atoms with E-state index in [4.69, 9.17) is 19.4 Å². The Bertz CT molecular complexity index is 2590. The molecule has 0 aliphatic rings. The van der Waals surface area contributed by atoms with E-state index in [1.54, 1.807) is 0 Å². The SMILES string of the molecule is c1ccc(-c2cccc(-c3nc(-c4ccccc4-c4ccccc4)nc(-c4cccc5oc6c(-c7ccccc7)cccc6c45)n3)c2)cc1. The lowest BCUT2D eigenvalue weighted by molar-refractivity contribution is 0.670. The fraction of sp³-hybridized carbons (Fsp3) is 0. The van der Waals surface area contributed by atoms with E-state index in [9.17, 15) is 0 Å². The minimum Gasteiger partial charge on any atom is -0.455 e. The first-order chi connectivity index (χ1) is 24.3. The second kappa shape index (κ2) is 12.2. The third-order valence-electron chi connectivity index (χ3n) is 8.96. The molecule has 0 bridgehead atoms. The number of hydrogen-bond donors (Lipinski definition) is 0. The minimum atomic E-state index is 0.589. The van der Waals surface area contributed by atoms with Crippen molar-refractivity contribution >= 4 is 21.9 Å². The molecule has 0 atom stereocenters. The van der Waals surface area contributed by atoms with Crippen molar-refractivity contribution in [3.05, 3.63) is 176 Å². The van der Waals surface area contributed by atoms with Crippen LogP contribution in [-0.2, 0) is 0 Å². The van der Waals surface area contributed by atoms with Crippen LogP contribution in [0.3, 0.4) is 0 Å². The van der Waals surface area contributed by atoms with Gasteiger partial charge in [0.1, 0.15) is 11.2 Å². The summed E-state index contributed by atoms with van der Waals surface area (Å²) < 4.78 is 6.60. The zero-order valence-electron chi connectivity index (χ0n) is 26.5. The van der Waals surface area contributed by atoms with Crippen LogP contribution < -0.4 is 0 Å². The Morgan fingerprint density at radius 2 is 0.816 bits per heavy atom. The zero-order valence-corrected chi connectivity index (χ0v) is 26.5. The molecule has 230 valence electrons. The molecule has 2 heterocycles. The monoisotopic (exact) mass is 627 g/mol. The maximum atomic E-state index is 6.60. The van der Waals surface area contributed by atoms with Crippen molar-refractivity contribution in [2.24, 2.45) is 0 Å². The molecule has 2 aromatic heterocycles. The molecule has 0 saturated carbocycles. The largest absolute Gasteiger partial charge is 0.455 e. The van der Waals surface area contributed by atoms with E-state index in [0.717, 1.165) is 72.0 Å². The van der Waals surface area contributed by atoms with Crippen LogP contribution >= 0.6 is 0 Å². The van der Waals surface area contributed by atoms with E-state index in [0.29, 0.717) is 17.5 Å². The Morgan fingerprint density at radius 3 is 1.55 bits per heavy atom. The molecule has 4 nitrogen and oxygen atoms in total. The predicted octanol–water partition coefficient (Wildman–Crippen LogP) is 11.8. The molecule has 7 aromatic carbocycles. The van der Waals surface area contributed by atoms with Gasteiger partial charge in [0.25, 0.3) is 0 Å². The van der Waals surface area contributed by atoms with Gasteiger partial charge >= 0.3 is 0 Å². The number of fused-ring (bicyclic) bond motifs is 3. The molecule has 0 fully saturated rings. The summed E-state index contributed by atoms with van der Waals surface area (Å²) in [6.45, 7) is 0. The number of benzene rings is 7. The first-order valence-electron chi connectivity index (χ1n) is 16.4. The Kier molecular flexibility index (Phi) is 7.10. The molecule has 0 saturated heterocycles. The van der Waals surface area contributed by atoms with Gasteiger partial charge in [0.2, 0.25) is 0 Å². The topological polar surface area (TPSA) is 51.8 Å². The van der Waals surface area contributed by atoms with E-state index in [1.807, 2.05) is 36.4 Å². The molecule has 0 radical (unpaired) electrons. The maximum Gasteiger partial charge on any atom is 0.164 e. The summed E-state index contributed by atoms with van der Waals surface area (Å²) in [7, 11) is 0. The van der Waals surface area contributed by atoms with Gasteiger partial charge in [0, 0.05) is 33.0 Å². The summed E-state index contributed by atoms with van der Waals surface area (Å²) >= 11 is 0. The highest BCUT2D eigenvalue weighted by molar-refractivity contribution is 6.15. The molecule has 0 N–H and O–H groups in total. The van der Waals surface area contributed by atoms with Crippen LogP contribution in [0.25, 0.3) is 89.5 Å². The van der Waals surface area contributed by atoms with E-state index < -0.39 is 0 Å². The van der Waals surface area contributed by atoms with Crippen LogP contribution in [0.4, 0.5) is 0 Å². The molecule has 49 heavy (non-hydrogen) atoms. The molecule has 4 heteroatoms. The number of para-hydroxylation sites is 1. The quantitative estimate of drug-likeness (QED) is 0.184. The van der Waals surface area contributed by atoms with E-state index >= 15 is 0 Å². The van der Waals surface area contributed by atoms with Gasteiger partial charge in [-0.25, -0.2) is 15.0 Å². The van der Waals surface area contributed by atoms with Crippen molar-refractivity contribution in [1.29, 1.82) is 0 Å². The van der Waals surface area contributed by atoms with Crippen LogP contribution in [0.1, 0.15) is 0 Å². The zero-order chi connectivity index (χ0) is 32.6. The van der Waals surface area contributed by atoms with Crippen molar-refractivity contribution < 1.29 is 4.42 Å². The lowest BCUT2D eigenvalue weighted by atomic mass is 9.98. The minimum absolute atomic E-state index is 0.589. The highest BCUT2D eigenvalue weighted by atomic mass is 16.3. The molecule has 0 unspecified atom stereocenters.